The zero-order valence-electron chi connectivity index (χ0n) is 20.0. The number of aliphatic hydroxyl groups is 1. The lowest BCUT2D eigenvalue weighted by atomic mass is 10.1. The van der Waals surface area contributed by atoms with Crippen molar-refractivity contribution in [2.24, 2.45) is 0 Å². The Labute approximate surface area is 214 Å². The number of nitrogens with one attached hydrogen (secondary N) is 1. The number of carbonyl (C=O) groups is 4. The highest BCUT2D eigenvalue weighted by Gasteiger charge is 2.41. The molecule has 14 nitrogen and oxygen atoms in total. The van der Waals surface area contributed by atoms with Gasteiger partial charge in [0.2, 0.25) is 11.8 Å². The normalized spacial score (nSPS) is 21.9. The number of benzene rings is 1. The molecule has 1 aromatic heterocycles. The second-order valence-corrected chi connectivity index (χ2v) is 8.95. The summed E-state index contributed by atoms with van der Waals surface area (Å²) in [5, 5.41) is 21.1. The molecule has 0 aliphatic carbocycles. The van der Waals surface area contributed by atoms with Crippen LogP contribution in [0.3, 0.4) is 0 Å². The highest BCUT2D eigenvalue weighted by atomic mass is 19.1. The molecule has 38 heavy (non-hydrogen) atoms. The number of amides is 4. The average molecular weight is 534 g/mol. The Bertz CT molecular complexity index is 1240. The second-order valence-electron chi connectivity index (χ2n) is 8.95. The quantitative estimate of drug-likeness (QED) is 0.468. The van der Waals surface area contributed by atoms with E-state index in [0.717, 1.165) is 22.0 Å². The number of halogens is 2. The van der Waals surface area contributed by atoms with Crippen LogP contribution >= 0.6 is 0 Å². The lowest BCUT2D eigenvalue weighted by molar-refractivity contribution is -0.172. The summed E-state index contributed by atoms with van der Waals surface area (Å²) in [5.41, 5.74) is -0.370. The van der Waals surface area contributed by atoms with E-state index in [-0.39, 0.29) is 57.1 Å². The summed E-state index contributed by atoms with van der Waals surface area (Å²) in [4.78, 5) is 51.9. The van der Waals surface area contributed by atoms with E-state index < -0.39 is 54.2 Å². The minimum atomic E-state index is -1.13. The molecule has 4 amide bonds. The predicted molar refractivity (Wildman–Crippen MR) is 123 cm³/mol. The van der Waals surface area contributed by atoms with Gasteiger partial charge in [-0.15, -0.1) is 5.10 Å². The molecule has 0 unspecified atom stereocenters. The number of aromatic nitrogens is 3. The number of hydrogen-bond donors (Lipinski definition) is 2. The number of carbonyl (C=O) groups excluding carboxylic acids is 4. The Morgan fingerprint density at radius 3 is 2.47 bits per heavy atom. The molecular weight excluding hydrogens is 510 g/mol. The first-order valence-electron chi connectivity index (χ1n) is 11.8. The van der Waals surface area contributed by atoms with E-state index in [1.165, 1.54) is 20.8 Å². The third kappa shape index (κ3) is 4.81. The van der Waals surface area contributed by atoms with Gasteiger partial charge in [0.1, 0.15) is 24.4 Å². The molecule has 2 aromatic rings. The van der Waals surface area contributed by atoms with Crippen molar-refractivity contribution in [1.29, 1.82) is 0 Å². The zero-order valence-corrected chi connectivity index (χ0v) is 20.0. The topological polar surface area (TPSA) is 153 Å². The van der Waals surface area contributed by atoms with Gasteiger partial charge in [-0.3, -0.25) is 19.3 Å². The summed E-state index contributed by atoms with van der Waals surface area (Å²) in [6.07, 6.45) is 1.45. The van der Waals surface area contributed by atoms with Gasteiger partial charge in [0.15, 0.2) is 11.6 Å². The van der Waals surface area contributed by atoms with Crippen LogP contribution in [0.15, 0.2) is 24.5 Å². The summed E-state index contributed by atoms with van der Waals surface area (Å²) in [6.45, 7) is -0.608. The first kappa shape index (κ1) is 25.3. The SMILES string of the molecule is O=C(CO)N[C@H]1CC(=O)N2CCN(c3c(F)cc(N4C[C@H](Cn5ccnn5)OC4=O)cc3F)CCN2C1=O. The Hall–Kier alpha value is -4.34. The van der Waals surface area contributed by atoms with Gasteiger partial charge < -0.3 is 20.1 Å². The van der Waals surface area contributed by atoms with E-state index in [9.17, 15) is 19.2 Å². The molecule has 2 N–H and O–H groups in total. The second kappa shape index (κ2) is 10.2. The van der Waals surface area contributed by atoms with Crippen molar-refractivity contribution < 1.29 is 37.8 Å². The molecular formula is C22H24F2N8O6. The Kier molecular flexibility index (Phi) is 6.79. The maximum absolute atomic E-state index is 15.3. The fourth-order valence-electron chi connectivity index (χ4n) is 4.77. The molecule has 3 aliphatic heterocycles. The van der Waals surface area contributed by atoms with Crippen molar-refractivity contribution >= 4 is 35.2 Å². The summed E-state index contributed by atoms with van der Waals surface area (Å²) in [6, 6.07) is 0.936. The summed E-state index contributed by atoms with van der Waals surface area (Å²) >= 11 is 0. The molecule has 3 saturated heterocycles. The van der Waals surface area contributed by atoms with Crippen LogP contribution in [0.2, 0.25) is 0 Å². The van der Waals surface area contributed by atoms with Crippen molar-refractivity contribution in [2.75, 3.05) is 49.1 Å². The minimum absolute atomic E-state index is 0.00485. The molecule has 0 saturated carbocycles. The number of fused-ring (bicyclic) bond motifs is 1. The summed E-state index contributed by atoms with van der Waals surface area (Å²) < 4.78 is 37.3. The number of aliphatic hydroxyl groups excluding tert-OH is 1. The van der Waals surface area contributed by atoms with Crippen LogP contribution in [-0.2, 0) is 25.7 Å². The van der Waals surface area contributed by atoms with Crippen LogP contribution < -0.4 is 15.1 Å². The Balaban J connectivity index is 1.30. The molecule has 5 rings (SSSR count). The lowest BCUT2D eigenvalue weighted by Crippen LogP contribution is -2.62. The minimum Gasteiger partial charge on any atom is -0.442 e. The number of rotatable bonds is 6. The van der Waals surface area contributed by atoms with Crippen LogP contribution in [-0.4, -0.2) is 105 Å². The summed E-state index contributed by atoms with van der Waals surface area (Å²) in [5.74, 6) is -3.64. The van der Waals surface area contributed by atoms with Gasteiger partial charge in [-0.1, -0.05) is 5.21 Å². The number of hydrazine groups is 1. The maximum atomic E-state index is 15.3. The van der Waals surface area contributed by atoms with Gasteiger partial charge in [-0.2, -0.15) is 0 Å². The largest absolute Gasteiger partial charge is 0.442 e. The predicted octanol–water partition coefficient (Wildman–Crippen LogP) is -1.15. The number of anilines is 2. The molecule has 202 valence electrons. The highest BCUT2D eigenvalue weighted by Crippen LogP contribution is 2.32. The van der Waals surface area contributed by atoms with Crippen molar-refractivity contribution in [3.8, 4) is 0 Å². The standard InChI is InChI=1S/C22H24F2N8O6/c23-15-7-13(30-11-14(38-22(30)37)10-29-2-1-25-27-29)8-16(24)20(15)28-3-5-31-19(35)9-17(26-18(34)12-33)21(36)32(31)6-4-28/h1-2,7-8,14,17,33H,3-6,9-12H2,(H,26,34)/t14-,17-/m0/s1. The maximum Gasteiger partial charge on any atom is 0.414 e. The molecule has 4 heterocycles. The fourth-order valence-corrected chi connectivity index (χ4v) is 4.77. The molecule has 0 spiro atoms. The smallest absolute Gasteiger partial charge is 0.414 e. The first-order valence-corrected chi connectivity index (χ1v) is 11.8. The van der Waals surface area contributed by atoms with E-state index in [1.807, 2.05) is 0 Å². The number of ether oxygens (including phenoxy) is 1. The van der Waals surface area contributed by atoms with E-state index in [1.54, 1.807) is 6.20 Å². The zero-order chi connectivity index (χ0) is 27.0. The van der Waals surface area contributed by atoms with Gasteiger partial charge in [-0.05, 0) is 0 Å². The van der Waals surface area contributed by atoms with Crippen LogP contribution in [0.1, 0.15) is 6.42 Å². The monoisotopic (exact) mass is 534 g/mol. The highest BCUT2D eigenvalue weighted by molar-refractivity contribution is 5.96. The molecule has 3 fully saturated rings. The molecule has 2 atom stereocenters. The van der Waals surface area contributed by atoms with E-state index in [4.69, 9.17) is 9.84 Å². The van der Waals surface area contributed by atoms with Crippen molar-refractivity contribution in [3.05, 3.63) is 36.2 Å². The number of nitrogens with zero attached hydrogens (tertiary/aromatic N) is 7. The van der Waals surface area contributed by atoms with Crippen molar-refractivity contribution in [1.82, 2.24) is 30.3 Å². The average Bonchev–Trinajstić information content (AvgIpc) is 3.46. The van der Waals surface area contributed by atoms with Gasteiger partial charge in [-0.25, -0.2) is 28.3 Å². The van der Waals surface area contributed by atoms with E-state index >= 15 is 8.78 Å². The van der Waals surface area contributed by atoms with Crippen LogP contribution in [0.25, 0.3) is 0 Å². The van der Waals surface area contributed by atoms with Gasteiger partial charge in [0.05, 0.1) is 44.5 Å². The van der Waals surface area contributed by atoms with Crippen molar-refractivity contribution in [2.45, 2.75) is 25.1 Å². The molecule has 16 heteroatoms. The third-order valence-electron chi connectivity index (χ3n) is 6.52. The van der Waals surface area contributed by atoms with Crippen LogP contribution in [0.4, 0.5) is 25.0 Å². The molecule has 0 bridgehead atoms. The molecule has 3 aliphatic rings. The Morgan fingerprint density at radius 2 is 1.82 bits per heavy atom. The van der Waals surface area contributed by atoms with E-state index in [2.05, 4.69) is 15.6 Å². The number of hydrogen-bond acceptors (Lipinski definition) is 9. The molecule has 1 aromatic carbocycles. The summed E-state index contributed by atoms with van der Waals surface area (Å²) in [7, 11) is 0. The van der Waals surface area contributed by atoms with Crippen LogP contribution in [0.5, 0.6) is 0 Å². The van der Waals surface area contributed by atoms with Gasteiger partial charge in [0.25, 0.3) is 5.91 Å². The van der Waals surface area contributed by atoms with Crippen molar-refractivity contribution in [3.63, 3.8) is 0 Å². The first-order chi connectivity index (χ1) is 18.2. The third-order valence-corrected chi connectivity index (χ3v) is 6.52. The fraction of sp³-hybridized carbons (Fsp3) is 0.455. The van der Waals surface area contributed by atoms with E-state index in [0.29, 0.717) is 0 Å². The Morgan fingerprint density at radius 1 is 1.11 bits per heavy atom. The lowest BCUT2D eigenvalue weighted by Gasteiger charge is -2.39. The number of cyclic esters (lactones) is 1. The molecule has 0 radical (unpaired) electrons. The van der Waals surface area contributed by atoms with Crippen LogP contribution in [0, 0.1) is 11.6 Å². The van der Waals surface area contributed by atoms with Gasteiger partial charge >= 0.3 is 6.09 Å². The van der Waals surface area contributed by atoms with Gasteiger partial charge in [0, 0.05) is 31.4 Å².